The topological polar surface area (TPSA) is 43.4 Å². The van der Waals surface area contributed by atoms with Crippen LogP contribution in [0.4, 0.5) is 5.69 Å². The second-order valence-electron chi connectivity index (χ2n) is 5.81. The lowest BCUT2D eigenvalue weighted by Gasteiger charge is -2.35. The quantitative estimate of drug-likeness (QED) is 0.917. The molecule has 1 fully saturated rings. The van der Waals surface area contributed by atoms with Crippen LogP contribution in [0.15, 0.2) is 24.4 Å². The Morgan fingerprint density at radius 1 is 1.33 bits per heavy atom. The van der Waals surface area contributed by atoms with Gasteiger partial charge < -0.3 is 14.8 Å². The summed E-state index contributed by atoms with van der Waals surface area (Å²) in [6.45, 7) is 7.01. The Kier molecular flexibility index (Phi) is 3.78. The molecule has 1 aromatic carbocycles. The van der Waals surface area contributed by atoms with E-state index in [4.69, 9.17) is 21.1 Å². The van der Waals surface area contributed by atoms with Crippen molar-refractivity contribution in [2.45, 2.75) is 32.6 Å². The molecule has 0 atom stereocenters. The highest BCUT2D eigenvalue weighted by Gasteiger charge is 2.28. The third-order valence-corrected chi connectivity index (χ3v) is 3.94. The number of rotatable bonds is 2. The summed E-state index contributed by atoms with van der Waals surface area (Å²) in [5, 5.41) is 5.15. The number of aryl methyl sites for hydroxylation is 1. The molecule has 0 radical (unpaired) electrons. The van der Waals surface area contributed by atoms with Gasteiger partial charge in [-0.05, 0) is 44.5 Å². The summed E-state index contributed by atoms with van der Waals surface area (Å²) < 4.78 is 11.4. The van der Waals surface area contributed by atoms with Crippen LogP contribution in [0.25, 0.3) is 10.9 Å². The normalized spacial score (nSPS) is 18.9. The average Bonchev–Trinajstić information content (AvgIpc) is 2.45. The van der Waals surface area contributed by atoms with Gasteiger partial charge in [0.25, 0.3) is 0 Å². The van der Waals surface area contributed by atoms with E-state index in [1.165, 1.54) is 0 Å². The fourth-order valence-electron chi connectivity index (χ4n) is 2.51. The number of ether oxygens (including phenoxy) is 2. The maximum Gasteiger partial charge on any atom is 0.162 e. The van der Waals surface area contributed by atoms with E-state index in [0.717, 1.165) is 22.2 Å². The van der Waals surface area contributed by atoms with Crippen molar-refractivity contribution in [2.75, 3.05) is 18.5 Å². The zero-order valence-corrected chi connectivity index (χ0v) is 13.2. The summed E-state index contributed by atoms with van der Waals surface area (Å²) in [4.78, 5) is 4.44. The number of fused-ring (bicyclic) bond motifs is 1. The van der Waals surface area contributed by atoms with Crippen molar-refractivity contribution < 1.29 is 9.47 Å². The number of hydrogen-bond donors (Lipinski definition) is 1. The van der Waals surface area contributed by atoms with E-state index >= 15 is 0 Å². The van der Waals surface area contributed by atoms with Gasteiger partial charge in [-0.3, -0.25) is 4.98 Å². The van der Waals surface area contributed by atoms with Gasteiger partial charge in [0.05, 0.1) is 35.5 Å². The zero-order valence-electron chi connectivity index (χ0n) is 12.4. The van der Waals surface area contributed by atoms with Gasteiger partial charge in [-0.2, -0.15) is 0 Å². The molecule has 2 heterocycles. The highest BCUT2D eigenvalue weighted by Crippen LogP contribution is 2.33. The van der Waals surface area contributed by atoms with Crippen LogP contribution in [-0.4, -0.2) is 30.0 Å². The van der Waals surface area contributed by atoms with Crippen LogP contribution in [-0.2, 0) is 9.47 Å². The Hall–Kier alpha value is -1.36. The number of nitrogens with one attached hydrogen (secondary N) is 1. The first-order valence-corrected chi connectivity index (χ1v) is 7.42. The molecule has 0 aliphatic carbocycles. The number of halogens is 1. The van der Waals surface area contributed by atoms with Gasteiger partial charge >= 0.3 is 0 Å². The summed E-state index contributed by atoms with van der Waals surface area (Å²) in [6, 6.07) is 5.95. The minimum atomic E-state index is -0.515. The third kappa shape index (κ3) is 2.98. The number of nitrogens with zero attached hydrogens (tertiary/aromatic N) is 1. The van der Waals surface area contributed by atoms with Gasteiger partial charge in [-0.25, -0.2) is 0 Å². The number of benzene rings is 1. The van der Waals surface area contributed by atoms with Crippen LogP contribution in [0.3, 0.4) is 0 Å². The van der Waals surface area contributed by atoms with E-state index in [1.54, 1.807) is 6.20 Å². The number of hydrogen-bond acceptors (Lipinski definition) is 4. The molecule has 5 heteroatoms. The van der Waals surface area contributed by atoms with Crippen LogP contribution in [0.5, 0.6) is 0 Å². The van der Waals surface area contributed by atoms with Crippen molar-refractivity contribution in [3.63, 3.8) is 0 Å². The second-order valence-corrected chi connectivity index (χ2v) is 6.22. The molecule has 1 aliphatic heterocycles. The lowest BCUT2D eigenvalue weighted by atomic mass is 10.1. The minimum Gasteiger partial charge on any atom is -0.376 e. The van der Waals surface area contributed by atoms with Crippen molar-refractivity contribution in [3.05, 3.63) is 35.0 Å². The molecule has 0 bridgehead atoms. The Balaban J connectivity index is 1.91. The van der Waals surface area contributed by atoms with Gasteiger partial charge in [0.15, 0.2) is 5.79 Å². The first-order valence-electron chi connectivity index (χ1n) is 7.04. The molecule has 1 N–H and O–H groups in total. The molecule has 112 valence electrons. The minimum absolute atomic E-state index is 0.0710. The van der Waals surface area contributed by atoms with Crippen LogP contribution < -0.4 is 5.32 Å². The van der Waals surface area contributed by atoms with E-state index in [1.807, 2.05) is 39.0 Å². The van der Waals surface area contributed by atoms with Crippen molar-refractivity contribution >= 4 is 28.2 Å². The molecular formula is C16H19ClN2O2. The smallest absolute Gasteiger partial charge is 0.162 e. The van der Waals surface area contributed by atoms with Crippen LogP contribution in [0.2, 0.25) is 5.02 Å². The molecular weight excluding hydrogens is 288 g/mol. The average molecular weight is 307 g/mol. The van der Waals surface area contributed by atoms with Crippen LogP contribution in [0, 0.1) is 6.92 Å². The fraction of sp³-hybridized carbons (Fsp3) is 0.438. The molecule has 2 aromatic rings. The summed E-state index contributed by atoms with van der Waals surface area (Å²) in [5.41, 5.74) is 2.92. The highest BCUT2D eigenvalue weighted by atomic mass is 35.5. The zero-order chi connectivity index (χ0) is 15.0. The standard InChI is InChI=1S/C16H19ClN2O2/c1-10-7-13(17)15(12-5-4-6-18-14(10)12)19-11-8-20-16(2,3)21-9-11/h4-7,11,19H,8-9H2,1-3H3. The highest BCUT2D eigenvalue weighted by molar-refractivity contribution is 6.35. The molecule has 1 aliphatic rings. The Labute approximate surface area is 129 Å². The van der Waals surface area contributed by atoms with E-state index in [0.29, 0.717) is 18.2 Å². The van der Waals surface area contributed by atoms with Crippen molar-refractivity contribution in [1.29, 1.82) is 0 Å². The maximum atomic E-state index is 6.41. The molecule has 0 amide bonds. The van der Waals surface area contributed by atoms with E-state index in [2.05, 4.69) is 10.3 Å². The fourth-order valence-corrected chi connectivity index (χ4v) is 2.83. The predicted octanol–water partition coefficient (Wildman–Crippen LogP) is 3.76. The molecule has 0 saturated carbocycles. The first-order chi connectivity index (χ1) is 9.96. The summed E-state index contributed by atoms with van der Waals surface area (Å²) in [6.07, 6.45) is 1.79. The first kappa shape index (κ1) is 14.6. The van der Waals surface area contributed by atoms with Gasteiger partial charge in [-0.1, -0.05) is 11.6 Å². The van der Waals surface area contributed by atoms with E-state index in [9.17, 15) is 0 Å². The second kappa shape index (κ2) is 5.44. The van der Waals surface area contributed by atoms with Crippen LogP contribution >= 0.6 is 11.6 Å². The molecule has 0 unspecified atom stereocenters. The van der Waals surface area contributed by atoms with Crippen molar-refractivity contribution in [1.82, 2.24) is 4.98 Å². The Morgan fingerprint density at radius 3 is 2.76 bits per heavy atom. The van der Waals surface area contributed by atoms with Gasteiger partial charge in [0.1, 0.15) is 0 Å². The molecule has 3 rings (SSSR count). The molecule has 0 spiro atoms. The Bertz CT molecular complexity index is 663. The van der Waals surface area contributed by atoms with Gasteiger partial charge in [0, 0.05) is 11.6 Å². The summed E-state index contributed by atoms with van der Waals surface area (Å²) in [7, 11) is 0. The number of anilines is 1. The molecule has 1 saturated heterocycles. The van der Waals surface area contributed by atoms with Crippen LogP contribution in [0.1, 0.15) is 19.4 Å². The van der Waals surface area contributed by atoms with E-state index < -0.39 is 5.79 Å². The monoisotopic (exact) mass is 306 g/mol. The lowest BCUT2D eigenvalue weighted by Crippen LogP contribution is -2.45. The SMILES string of the molecule is Cc1cc(Cl)c(NC2COC(C)(C)OC2)c2cccnc12. The number of pyridine rings is 1. The lowest BCUT2D eigenvalue weighted by molar-refractivity contribution is -0.247. The van der Waals surface area contributed by atoms with Crippen molar-refractivity contribution in [2.24, 2.45) is 0 Å². The van der Waals surface area contributed by atoms with Gasteiger partial charge in [0.2, 0.25) is 0 Å². The number of aromatic nitrogens is 1. The predicted molar refractivity (Wildman–Crippen MR) is 84.9 cm³/mol. The van der Waals surface area contributed by atoms with E-state index in [-0.39, 0.29) is 6.04 Å². The molecule has 4 nitrogen and oxygen atoms in total. The summed E-state index contributed by atoms with van der Waals surface area (Å²) >= 11 is 6.41. The largest absolute Gasteiger partial charge is 0.376 e. The maximum absolute atomic E-state index is 6.41. The van der Waals surface area contributed by atoms with Gasteiger partial charge in [-0.15, -0.1) is 0 Å². The third-order valence-electron chi connectivity index (χ3n) is 3.65. The van der Waals surface area contributed by atoms with Crippen molar-refractivity contribution in [3.8, 4) is 0 Å². The molecule has 21 heavy (non-hydrogen) atoms. The Morgan fingerprint density at radius 2 is 2.05 bits per heavy atom. The molecule has 1 aromatic heterocycles. The summed E-state index contributed by atoms with van der Waals surface area (Å²) in [5.74, 6) is -0.515.